The van der Waals surface area contributed by atoms with E-state index >= 15 is 0 Å². The van der Waals surface area contributed by atoms with Crippen LogP contribution in [0.4, 0.5) is 4.39 Å². The maximum absolute atomic E-state index is 13.5. The first-order chi connectivity index (χ1) is 9.79. The van der Waals surface area contributed by atoms with Crippen LogP contribution in [0.2, 0.25) is 0 Å². The van der Waals surface area contributed by atoms with E-state index in [0.29, 0.717) is 0 Å². The number of nitrogens with zero attached hydrogens (tertiary/aromatic N) is 1. The molecule has 1 heterocycles. The van der Waals surface area contributed by atoms with Gasteiger partial charge < -0.3 is 10.2 Å². The fourth-order valence-corrected chi connectivity index (χ4v) is 3.56. The van der Waals surface area contributed by atoms with Crippen molar-refractivity contribution < 1.29 is 4.39 Å². The minimum absolute atomic E-state index is 0.0955. The summed E-state index contributed by atoms with van der Waals surface area (Å²) in [5.74, 6) is 1.71. The van der Waals surface area contributed by atoms with Crippen LogP contribution in [0.1, 0.15) is 19.8 Å². The quantitative estimate of drug-likeness (QED) is 0.778. The number of piperidine rings is 1. The summed E-state index contributed by atoms with van der Waals surface area (Å²) in [5.41, 5.74) is 0. The number of benzene rings is 1. The Morgan fingerprint density at radius 1 is 1.30 bits per heavy atom. The summed E-state index contributed by atoms with van der Waals surface area (Å²) in [7, 11) is 0. The molecule has 2 rings (SSSR count). The van der Waals surface area contributed by atoms with Crippen molar-refractivity contribution in [3.63, 3.8) is 0 Å². The molecule has 0 amide bonds. The van der Waals surface area contributed by atoms with Crippen molar-refractivity contribution in [2.75, 3.05) is 38.5 Å². The molecule has 0 aromatic heterocycles. The average molecular weight is 296 g/mol. The molecular formula is C16H25FN2S. The molecule has 0 aliphatic carbocycles. The highest BCUT2D eigenvalue weighted by Crippen LogP contribution is 2.22. The van der Waals surface area contributed by atoms with Gasteiger partial charge in [0, 0.05) is 17.2 Å². The molecule has 1 N–H and O–H groups in total. The number of thioether (sulfide) groups is 1. The third-order valence-corrected chi connectivity index (χ3v) is 4.92. The van der Waals surface area contributed by atoms with E-state index in [4.69, 9.17) is 0 Å². The van der Waals surface area contributed by atoms with Crippen LogP contribution in [0.5, 0.6) is 0 Å². The van der Waals surface area contributed by atoms with Gasteiger partial charge in [0.25, 0.3) is 0 Å². The van der Waals surface area contributed by atoms with Crippen LogP contribution in [0, 0.1) is 11.7 Å². The highest BCUT2D eigenvalue weighted by atomic mass is 32.2. The van der Waals surface area contributed by atoms with Gasteiger partial charge in [-0.05, 0) is 57.1 Å². The first kappa shape index (κ1) is 15.8. The number of hydrogen-bond donors (Lipinski definition) is 1. The van der Waals surface area contributed by atoms with Gasteiger partial charge in [-0.25, -0.2) is 4.39 Å². The lowest BCUT2D eigenvalue weighted by atomic mass is 9.97. The molecule has 1 aliphatic heterocycles. The molecule has 2 nitrogen and oxygen atoms in total. The second-order valence-corrected chi connectivity index (χ2v) is 6.51. The molecule has 20 heavy (non-hydrogen) atoms. The van der Waals surface area contributed by atoms with Crippen LogP contribution in [0.3, 0.4) is 0 Å². The van der Waals surface area contributed by atoms with E-state index in [1.54, 1.807) is 17.8 Å². The van der Waals surface area contributed by atoms with Crippen LogP contribution in [-0.4, -0.2) is 43.4 Å². The summed E-state index contributed by atoms with van der Waals surface area (Å²) < 4.78 is 13.5. The molecule has 0 saturated carbocycles. The van der Waals surface area contributed by atoms with Gasteiger partial charge >= 0.3 is 0 Å². The Morgan fingerprint density at radius 2 is 2.05 bits per heavy atom. The molecule has 112 valence electrons. The molecule has 1 aromatic carbocycles. The third-order valence-electron chi connectivity index (χ3n) is 3.89. The Bertz CT molecular complexity index is 392. The fourth-order valence-electron chi connectivity index (χ4n) is 2.61. The SMILES string of the molecule is CCNCC1CCN(CCSc2ccccc2F)CC1. The predicted molar refractivity (Wildman–Crippen MR) is 84.8 cm³/mol. The molecular weight excluding hydrogens is 271 g/mol. The lowest BCUT2D eigenvalue weighted by Gasteiger charge is -2.31. The van der Waals surface area contributed by atoms with Gasteiger partial charge in [0.2, 0.25) is 0 Å². The first-order valence-corrected chi connectivity index (χ1v) is 8.58. The smallest absolute Gasteiger partial charge is 0.136 e. The minimum atomic E-state index is -0.0955. The Morgan fingerprint density at radius 3 is 2.75 bits per heavy atom. The Kier molecular flexibility index (Phi) is 6.83. The van der Waals surface area contributed by atoms with Gasteiger partial charge in [0.1, 0.15) is 5.82 Å². The molecule has 0 radical (unpaired) electrons. The zero-order valence-electron chi connectivity index (χ0n) is 12.3. The van der Waals surface area contributed by atoms with Crippen molar-refractivity contribution in [2.24, 2.45) is 5.92 Å². The van der Waals surface area contributed by atoms with Gasteiger partial charge in [0.15, 0.2) is 0 Å². The lowest BCUT2D eigenvalue weighted by molar-refractivity contribution is 0.192. The number of hydrogen-bond acceptors (Lipinski definition) is 3. The number of rotatable bonds is 7. The fraction of sp³-hybridized carbons (Fsp3) is 0.625. The largest absolute Gasteiger partial charge is 0.317 e. The van der Waals surface area contributed by atoms with Crippen molar-refractivity contribution >= 4 is 11.8 Å². The zero-order valence-corrected chi connectivity index (χ0v) is 13.1. The summed E-state index contributed by atoms with van der Waals surface area (Å²) in [4.78, 5) is 3.28. The normalized spacial score (nSPS) is 17.5. The molecule has 0 atom stereocenters. The standard InChI is InChI=1S/C16H25FN2S/c1-2-18-13-14-7-9-19(10-8-14)11-12-20-16-6-4-3-5-15(16)17/h3-6,14,18H,2,7-13H2,1H3. The van der Waals surface area contributed by atoms with E-state index in [1.165, 1.54) is 32.0 Å². The third kappa shape index (κ3) is 5.08. The van der Waals surface area contributed by atoms with Crippen LogP contribution in [0.15, 0.2) is 29.2 Å². The van der Waals surface area contributed by atoms with Crippen molar-refractivity contribution in [1.29, 1.82) is 0 Å². The molecule has 1 fully saturated rings. The molecule has 0 spiro atoms. The van der Waals surface area contributed by atoms with Crippen molar-refractivity contribution in [1.82, 2.24) is 10.2 Å². The van der Waals surface area contributed by atoms with Gasteiger partial charge in [-0.3, -0.25) is 0 Å². The maximum Gasteiger partial charge on any atom is 0.136 e. The molecule has 4 heteroatoms. The minimum Gasteiger partial charge on any atom is -0.317 e. The van der Waals surface area contributed by atoms with Crippen molar-refractivity contribution in [2.45, 2.75) is 24.7 Å². The van der Waals surface area contributed by atoms with Crippen LogP contribution >= 0.6 is 11.8 Å². The highest BCUT2D eigenvalue weighted by molar-refractivity contribution is 7.99. The van der Waals surface area contributed by atoms with Gasteiger partial charge in [-0.2, -0.15) is 0 Å². The summed E-state index contributed by atoms with van der Waals surface area (Å²) in [6.07, 6.45) is 2.58. The maximum atomic E-state index is 13.5. The second kappa shape index (κ2) is 8.65. The Labute approximate surface area is 126 Å². The lowest BCUT2D eigenvalue weighted by Crippen LogP contribution is -2.38. The molecule has 0 bridgehead atoms. The van der Waals surface area contributed by atoms with Crippen molar-refractivity contribution in [3.8, 4) is 0 Å². The first-order valence-electron chi connectivity index (χ1n) is 7.60. The van der Waals surface area contributed by atoms with Crippen LogP contribution < -0.4 is 5.32 Å². The van der Waals surface area contributed by atoms with Gasteiger partial charge in [0.05, 0.1) is 0 Å². The number of likely N-dealkylation sites (tertiary alicyclic amines) is 1. The number of nitrogens with one attached hydrogen (secondary N) is 1. The van der Waals surface area contributed by atoms with E-state index in [9.17, 15) is 4.39 Å². The molecule has 0 unspecified atom stereocenters. The van der Waals surface area contributed by atoms with E-state index in [2.05, 4.69) is 17.1 Å². The van der Waals surface area contributed by atoms with E-state index in [1.807, 2.05) is 12.1 Å². The predicted octanol–water partition coefficient (Wildman–Crippen LogP) is 3.24. The topological polar surface area (TPSA) is 15.3 Å². The summed E-state index contributed by atoms with van der Waals surface area (Å²) in [5, 5.41) is 3.44. The summed E-state index contributed by atoms with van der Waals surface area (Å²) >= 11 is 1.63. The average Bonchev–Trinajstić information content (AvgIpc) is 2.48. The molecule has 1 aromatic rings. The van der Waals surface area contributed by atoms with Crippen LogP contribution in [0.25, 0.3) is 0 Å². The molecule has 1 saturated heterocycles. The number of halogens is 1. The zero-order chi connectivity index (χ0) is 14.2. The second-order valence-electron chi connectivity index (χ2n) is 5.37. The Hall–Kier alpha value is -0.580. The van der Waals surface area contributed by atoms with E-state index < -0.39 is 0 Å². The Balaban J connectivity index is 1.63. The summed E-state index contributed by atoms with van der Waals surface area (Å²) in [6, 6.07) is 7.04. The molecule has 1 aliphatic rings. The monoisotopic (exact) mass is 296 g/mol. The van der Waals surface area contributed by atoms with Crippen LogP contribution in [-0.2, 0) is 0 Å². The van der Waals surface area contributed by atoms with Gasteiger partial charge in [-0.1, -0.05) is 19.1 Å². The van der Waals surface area contributed by atoms with E-state index in [-0.39, 0.29) is 5.82 Å². The van der Waals surface area contributed by atoms with Gasteiger partial charge in [-0.15, -0.1) is 11.8 Å². The highest BCUT2D eigenvalue weighted by Gasteiger charge is 2.18. The van der Waals surface area contributed by atoms with E-state index in [0.717, 1.165) is 36.2 Å². The van der Waals surface area contributed by atoms with Crippen molar-refractivity contribution in [3.05, 3.63) is 30.1 Å². The summed E-state index contributed by atoms with van der Waals surface area (Å²) in [6.45, 7) is 7.83.